The van der Waals surface area contributed by atoms with Crippen molar-refractivity contribution in [3.05, 3.63) is 53.2 Å². The number of rotatable bonds is 6. The summed E-state index contributed by atoms with van der Waals surface area (Å²) in [6.45, 7) is 4.44. The van der Waals surface area contributed by atoms with Crippen molar-refractivity contribution in [2.24, 2.45) is 0 Å². The average Bonchev–Trinajstić information content (AvgIpc) is 3.20. The Morgan fingerprint density at radius 1 is 1.18 bits per heavy atom. The molecule has 3 aromatic rings. The summed E-state index contributed by atoms with van der Waals surface area (Å²) in [5.41, 5.74) is 1.79. The highest BCUT2D eigenvalue weighted by Gasteiger charge is 2.33. The molecule has 0 spiro atoms. The molecule has 0 aliphatic carbocycles. The monoisotopic (exact) mass is 460 g/mol. The topological polar surface area (TPSA) is 101 Å². The second kappa shape index (κ2) is 8.68. The van der Waals surface area contributed by atoms with Crippen LogP contribution in [0.3, 0.4) is 0 Å². The Kier molecular flexibility index (Phi) is 5.91. The molecule has 1 aliphatic heterocycles. The Bertz CT molecular complexity index is 1160. The van der Waals surface area contributed by atoms with E-state index in [0.717, 1.165) is 11.6 Å². The van der Waals surface area contributed by atoms with Crippen molar-refractivity contribution >= 4 is 23.4 Å². The Morgan fingerprint density at radius 3 is 2.64 bits per heavy atom. The number of pyridine rings is 1. The molecule has 2 N–H and O–H groups in total. The molecule has 0 radical (unpaired) electrons. The summed E-state index contributed by atoms with van der Waals surface area (Å²) in [6, 6.07) is 2.05. The van der Waals surface area contributed by atoms with Gasteiger partial charge in [-0.1, -0.05) is 13.0 Å². The number of hydrogen-bond acceptors (Lipinski definition) is 7. The molecule has 1 aliphatic rings. The van der Waals surface area contributed by atoms with Gasteiger partial charge in [-0.25, -0.2) is 4.98 Å². The zero-order valence-electron chi connectivity index (χ0n) is 18.3. The summed E-state index contributed by atoms with van der Waals surface area (Å²) in [6.07, 6.45) is 0.842. The van der Waals surface area contributed by atoms with Gasteiger partial charge in [-0.3, -0.25) is 14.5 Å². The van der Waals surface area contributed by atoms with E-state index >= 15 is 0 Å². The number of alkyl halides is 3. The van der Waals surface area contributed by atoms with E-state index in [4.69, 9.17) is 0 Å². The molecule has 174 valence electrons. The highest BCUT2D eigenvalue weighted by molar-refractivity contribution is 6.03. The van der Waals surface area contributed by atoms with Crippen molar-refractivity contribution in [1.29, 1.82) is 0 Å². The van der Waals surface area contributed by atoms with E-state index < -0.39 is 11.9 Å². The van der Waals surface area contributed by atoms with Crippen LogP contribution in [0, 0.1) is 6.92 Å². The van der Waals surface area contributed by atoms with Crippen molar-refractivity contribution < 1.29 is 18.0 Å². The van der Waals surface area contributed by atoms with Crippen LogP contribution in [0.1, 0.15) is 35.9 Å². The van der Waals surface area contributed by atoms with E-state index in [2.05, 4.69) is 30.7 Å². The molecule has 1 atom stereocenters. The fourth-order valence-electron chi connectivity index (χ4n) is 3.67. The van der Waals surface area contributed by atoms with Crippen molar-refractivity contribution in [3.63, 3.8) is 0 Å². The Labute approximate surface area is 188 Å². The first-order valence-electron chi connectivity index (χ1n) is 10.4. The quantitative estimate of drug-likeness (QED) is 0.583. The largest absolute Gasteiger partial charge is 0.433 e. The fraction of sp³-hybridized carbons (Fsp3) is 0.381. The maximum Gasteiger partial charge on any atom is 0.433 e. The lowest BCUT2D eigenvalue weighted by molar-refractivity contribution is -0.141. The number of likely N-dealkylation sites (N-methyl/N-ethyl adjacent to an activating group) is 1. The second-order valence-electron chi connectivity index (χ2n) is 7.80. The molecule has 0 aromatic carbocycles. The van der Waals surface area contributed by atoms with E-state index in [1.807, 2.05) is 25.8 Å². The van der Waals surface area contributed by atoms with Gasteiger partial charge in [0.1, 0.15) is 17.4 Å². The van der Waals surface area contributed by atoms with Gasteiger partial charge in [0.25, 0.3) is 0 Å². The molecule has 4 rings (SSSR count). The molecule has 1 amide bonds. The minimum Gasteiger partial charge on any atom is -0.350 e. The number of anilines is 3. The number of halogens is 3. The smallest absolute Gasteiger partial charge is 0.350 e. The third kappa shape index (κ3) is 4.73. The number of aromatic nitrogens is 5. The first kappa shape index (κ1) is 22.5. The SMILES string of the molecule is CC[C@H]1C(=O)Nc2c(C)nc(NCc3cnn(Cc4ccc(C(F)(F)F)nc4)c3)nc2N1C. The average molecular weight is 460 g/mol. The van der Waals surface area contributed by atoms with Crippen LogP contribution in [0.5, 0.6) is 0 Å². The number of nitrogens with one attached hydrogen (secondary N) is 2. The normalized spacial score (nSPS) is 15.9. The number of fused-ring (bicyclic) bond motifs is 1. The molecular formula is C21H23F3N8O. The molecule has 3 aromatic heterocycles. The van der Waals surface area contributed by atoms with Crippen molar-refractivity contribution in [2.45, 2.75) is 45.6 Å². The zero-order valence-corrected chi connectivity index (χ0v) is 18.3. The summed E-state index contributed by atoms with van der Waals surface area (Å²) >= 11 is 0. The van der Waals surface area contributed by atoms with Gasteiger partial charge >= 0.3 is 6.18 Å². The number of carbonyl (C=O) groups excluding carboxylic acids is 1. The maximum absolute atomic E-state index is 12.7. The van der Waals surface area contributed by atoms with Crippen LogP contribution in [0.15, 0.2) is 30.7 Å². The van der Waals surface area contributed by atoms with E-state index in [1.165, 1.54) is 12.3 Å². The van der Waals surface area contributed by atoms with Crippen LogP contribution < -0.4 is 15.5 Å². The van der Waals surface area contributed by atoms with Gasteiger partial charge in [0.05, 0.1) is 18.4 Å². The van der Waals surface area contributed by atoms with Gasteiger partial charge in [0, 0.05) is 31.5 Å². The van der Waals surface area contributed by atoms with Crippen LogP contribution >= 0.6 is 0 Å². The van der Waals surface area contributed by atoms with Crippen molar-refractivity contribution in [2.75, 3.05) is 22.6 Å². The highest BCUT2D eigenvalue weighted by atomic mass is 19.4. The van der Waals surface area contributed by atoms with Crippen LogP contribution in [0.4, 0.5) is 30.6 Å². The lowest BCUT2D eigenvalue weighted by Crippen LogP contribution is -2.46. The number of amides is 1. The zero-order chi connectivity index (χ0) is 23.8. The first-order chi connectivity index (χ1) is 15.7. The Morgan fingerprint density at radius 2 is 1.97 bits per heavy atom. The molecule has 4 heterocycles. The summed E-state index contributed by atoms with van der Waals surface area (Å²) in [5.74, 6) is 1.00. The van der Waals surface area contributed by atoms with Gasteiger partial charge in [-0.05, 0) is 25.0 Å². The maximum atomic E-state index is 12.7. The van der Waals surface area contributed by atoms with Crippen LogP contribution in [0.25, 0.3) is 0 Å². The molecule has 0 saturated heterocycles. The second-order valence-corrected chi connectivity index (χ2v) is 7.80. The minimum atomic E-state index is -4.46. The molecule has 0 fully saturated rings. The molecule has 9 nitrogen and oxygen atoms in total. The number of hydrogen-bond donors (Lipinski definition) is 2. The van der Waals surface area contributed by atoms with E-state index in [9.17, 15) is 18.0 Å². The standard InChI is InChI=1S/C21H23F3N8O/c1-4-15-19(33)29-17-12(2)28-20(30-18(17)31(15)3)26-8-14-9-27-32(11-14)10-13-5-6-16(25-7-13)21(22,23)24/h5-7,9,11,15H,4,8,10H2,1-3H3,(H,29,33)(H,26,28,30)/t15-/m0/s1. The fourth-order valence-corrected chi connectivity index (χ4v) is 3.67. The third-order valence-corrected chi connectivity index (χ3v) is 5.41. The lowest BCUT2D eigenvalue weighted by Gasteiger charge is -2.34. The highest BCUT2D eigenvalue weighted by Crippen LogP contribution is 2.33. The van der Waals surface area contributed by atoms with E-state index in [1.54, 1.807) is 17.1 Å². The lowest BCUT2D eigenvalue weighted by atomic mass is 10.1. The van der Waals surface area contributed by atoms with Crippen LogP contribution in [0.2, 0.25) is 0 Å². The summed E-state index contributed by atoms with van der Waals surface area (Å²) < 4.78 is 39.6. The summed E-state index contributed by atoms with van der Waals surface area (Å²) in [7, 11) is 1.84. The van der Waals surface area contributed by atoms with Crippen LogP contribution in [-0.4, -0.2) is 43.7 Å². The molecule has 0 saturated carbocycles. The summed E-state index contributed by atoms with van der Waals surface area (Å²) in [5, 5.41) is 10.3. The first-order valence-corrected chi connectivity index (χ1v) is 10.4. The van der Waals surface area contributed by atoms with Gasteiger partial charge in [0.15, 0.2) is 5.82 Å². The van der Waals surface area contributed by atoms with Gasteiger partial charge in [0.2, 0.25) is 11.9 Å². The van der Waals surface area contributed by atoms with Crippen molar-refractivity contribution in [1.82, 2.24) is 24.7 Å². The van der Waals surface area contributed by atoms with Crippen molar-refractivity contribution in [3.8, 4) is 0 Å². The molecule has 0 unspecified atom stereocenters. The number of aryl methyl sites for hydroxylation is 1. The number of nitrogens with zero attached hydrogens (tertiary/aromatic N) is 6. The van der Waals surface area contributed by atoms with Gasteiger partial charge in [-0.2, -0.15) is 23.3 Å². The summed E-state index contributed by atoms with van der Waals surface area (Å²) in [4.78, 5) is 26.6. The molecule has 12 heteroatoms. The Hall–Kier alpha value is -3.70. The molecule has 33 heavy (non-hydrogen) atoms. The predicted molar refractivity (Wildman–Crippen MR) is 116 cm³/mol. The van der Waals surface area contributed by atoms with E-state index in [0.29, 0.717) is 48.2 Å². The van der Waals surface area contributed by atoms with Gasteiger partial charge in [-0.15, -0.1) is 0 Å². The Balaban J connectivity index is 1.42. The third-order valence-electron chi connectivity index (χ3n) is 5.41. The molecular weight excluding hydrogens is 437 g/mol. The minimum absolute atomic E-state index is 0.0735. The van der Waals surface area contributed by atoms with E-state index in [-0.39, 0.29) is 11.9 Å². The molecule has 0 bridgehead atoms. The number of carbonyl (C=O) groups is 1. The van der Waals surface area contributed by atoms with Crippen LogP contribution in [-0.2, 0) is 24.1 Å². The predicted octanol–water partition coefficient (Wildman–Crippen LogP) is 3.22. The van der Waals surface area contributed by atoms with Gasteiger partial charge < -0.3 is 15.5 Å².